The summed E-state index contributed by atoms with van der Waals surface area (Å²) in [6.45, 7) is 4.13. The van der Waals surface area contributed by atoms with Crippen LogP contribution in [0.25, 0.3) is 6.08 Å². The van der Waals surface area contributed by atoms with Gasteiger partial charge in [0.15, 0.2) is 0 Å². The molecule has 1 fully saturated rings. The monoisotopic (exact) mass is 486 g/mol. The van der Waals surface area contributed by atoms with Gasteiger partial charge in [0, 0.05) is 10.0 Å². The lowest BCUT2D eigenvalue weighted by Crippen LogP contribution is -2.54. The fraction of sp³-hybridized carbons (Fsp3) is 0.182. The maximum atomic E-state index is 13.1. The van der Waals surface area contributed by atoms with Crippen molar-refractivity contribution >= 4 is 51.5 Å². The minimum absolute atomic E-state index is 0.202. The number of rotatable bonds is 6. The van der Waals surface area contributed by atoms with E-state index in [1.807, 2.05) is 6.92 Å². The summed E-state index contributed by atoms with van der Waals surface area (Å²) in [6, 6.07) is 10.1. The van der Waals surface area contributed by atoms with Gasteiger partial charge >= 0.3 is 12.0 Å². The van der Waals surface area contributed by atoms with Crippen LogP contribution in [0.15, 0.2) is 52.5 Å². The van der Waals surface area contributed by atoms with Gasteiger partial charge in [-0.05, 0) is 62.4 Å². The molecular weight excluding hydrogens is 468 g/mol. The number of nitrogens with one attached hydrogen (secondary N) is 1. The number of imide groups is 2. The molecule has 0 aliphatic carbocycles. The Bertz CT molecular complexity index is 1080. The first-order valence-corrected chi connectivity index (χ1v) is 10.3. The van der Waals surface area contributed by atoms with Crippen LogP contribution in [0, 0.1) is 0 Å². The molecule has 1 saturated heterocycles. The molecule has 1 heterocycles. The lowest BCUT2D eigenvalue weighted by Gasteiger charge is -2.26. The third-order valence-corrected chi connectivity index (χ3v) is 4.80. The molecule has 0 radical (unpaired) electrons. The summed E-state index contributed by atoms with van der Waals surface area (Å²) < 4.78 is 11.2. The molecule has 0 spiro atoms. The molecule has 3 rings (SSSR count). The molecule has 1 aliphatic rings. The lowest BCUT2D eigenvalue weighted by atomic mass is 10.1. The largest absolute Gasteiger partial charge is 0.493 e. The first-order chi connectivity index (χ1) is 14.8. The predicted molar refractivity (Wildman–Crippen MR) is 117 cm³/mol. The zero-order chi connectivity index (χ0) is 22.5. The van der Waals surface area contributed by atoms with Crippen molar-refractivity contribution in [1.82, 2.24) is 5.32 Å². The average Bonchev–Trinajstić information content (AvgIpc) is 2.73. The SMILES string of the molecule is CCOC(=O)c1ccc(N2C(=O)NC(=O)/C(=C\c3cc(Br)ccc3OCC)C2=O)cc1. The van der Waals surface area contributed by atoms with E-state index in [2.05, 4.69) is 21.2 Å². The van der Waals surface area contributed by atoms with Crippen molar-refractivity contribution in [2.75, 3.05) is 18.1 Å². The van der Waals surface area contributed by atoms with Gasteiger partial charge in [-0.3, -0.25) is 14.9 Å². The van der Waals surface area contributed by atoms with Gasteiger partial charge in [0.1, 0.15) is 11.3 Å². The molecule has 9 heteroatoms. The van der Waals surface area contributed by atoms with Gasteiger partial charge in [0.05, 0.1) is 24.5 Å². The van der Waals surface area contributed by atoms with E-state index in [0.29, 0.717) is 17.9 Å². The van der Waals surface area contributed by atoms with Crippen LogP contribution in [-0.4, -0.2) is 37.0 Å². The van der Waals surface area contributed by atoms with Crippen molar-refractivity contribution in [2.24, 2.45) is 0 Å². The zero-order valence-electron chi connectivity index (χ0n) is 16.8. The maximum absolute atomic E-state index is 13.1. The highest BCUT2D eigenvalue weighted by molar-refractivity contribution is 9.10. The molecule has 2 aromatic carbocycles. The number of barbiturate groups is 1. The Morgan fingerprint density at radius 2 is 1.77 bits per heavy atom. The van der Waals surface area contributed by atoms with Crippen LogP contribution in [0.1, 0.15) is 29.8 Å². The standard InChI is InChI=1S/C22H19BrN2O6/c1-3-30-18-10-7-15(23)11-14(18)12-17-19(26)24-22(29)25(20(17)27)16-8-5-13(6-9-16)21(28)31-4-2/h5-12H,3-4H2,1-2H3,(H,24,26,29)/b17-12+. The van der Waals surface area contributed by atoms with E-state index < -0.39 is 23.8 Å². The summed E-state index contributed by atoms with van der Waals surface area (Å²) in [7, 11) is 0. The van der Waals surface area contributed by atoms with E-state index >= 15 is 0 Å². The smallest absolute Gasteiger partial charge is 0.338 e. The number of nitrogens with zero attached hydrogens (tertiary/aromatic N) is 1. The molecule has 1 N–H and O–H groups in total. The van der Waals surface area contributed by atoms with Gasteiger partial charge in [0.25, 0.3) is 11.8 Å². The van der Waals surface area contributed by atoms with E-state index in [4.69, 9.17) is 9.47 Å². The fourth-order valence-corrected chi connectivity index (χ4v) is 3.31. The fourth-order valence-electron chi connectivity index (χ4n) is 2.93. The molecule has 4 amide bonds. The third-order valence-electron chi connectivity index (χ3n) is 4.31. The van der Waals surface area contributed by atoms with Crippen molar-refractivity contribution in [2.45, 2.75) is 13.8 Å². The first kappa shape index (κ1) is 22.2. The minimum Gasteiger partial charge on any atom is -0.493 e. The van der Waals surface area contributed by atoms with E-state index in [-0.39, 0.29) is 23.4 Å². The van der Waals surface area contributed by atoms with E-state index in [1.165, 1.54) is 30.3 Å². The molecule has 0 atom stereocenters. The summed E-state index contributed by atoms with van der Waals surface area (Å²) in [5.41, 5.74) is 0.751. The molecule has 8 nitrogen and oxygen atoms in total. The number of amides is 4. The molecule has 0 unspecified atom stereocenters. The second-order valence-corrected chi connectivity index (χ2v) is 7.26. The van der Waals surface area contributed by atoms with E-state index in [9.17, 15) is 19.2 Å². The predicted octanol–water partition coefficient (Wildman–Crippen LogP) is 3.69. The summed E-state index contributed by atoms with van der Waals surface area (Å²) in [4.78, 5) is 50.5. The number of esters is 1. The molecule has 1 aliphatic heterocycles. The van der Waals surface area contributed by atoms with Gasteiger partial charge in [-0.1, -0.05) is 15.9 Å². The number of hydrogen-bond donors (Lipinski definition) is 1. The highest BCUT2D eigenvalue weighted by Gasteiger charge is 2.37. The lowest BCUT2D eigenvalue weighted by molar-refractivity contribution is -0.122. The number of halogens is 1. The highest BCUT2D eigenvalue weighted by atomic mass is 79.9. The molecule has 0 aromatic heterocycles. The molecule has 31 heavy (non-hydrogen) atoms. The number of hydrogen-bond acceptors (Lipinski definition) is 6. The Hall–Kier alpha value is -3.46. The van der Waals surface area contributed by atoms with Crippen LogP contribution in [0.5, 0.6) is 5.75 Å². The van der Waals surface area contributed by atoms with Crippen molar-refractivity contribution in [3.63, 3.8) is 0 Å². The van der Waals surface area contributed by atoms with Gasteiger partial charge in [-0.15, -0.1) is 0 Å². The molecule has 0 bridgehead atoms. The van der Waals surface area contributed by atoms with Crippen LogP contribution in [0.3, 0.4) is 0 Å². The third kappa shape index (κ3) is 4.83. The van der Waals surface area contributed by atoms with Crippen molar-refractivity contribution in [3.8, 4) is 5.75 Å². The number of anilines is 1. The second kappa shape index (κ2) is 9.57. The molecular formula is C22H19BrN2O6. The minimum atomic E-state index is -0.879. The highest BCUT2D eigenvalue weighted by Crippen LogP contribution is 2.28. The normalized spacial score (nSPS) is 15.1. The number of ether oxygens (including phenoxy) is 2. The summed E-state index contributed by atoms with van der Waals surface area (Å²) in [6.07, 6.45) is 1.37. The Kier molecular flexibility index (Phi) is 6.86. The topological polar surface area (TPSA) is 102 Å². The van der Waals surface area contributed by atoms with E-state index in [0.717, 1.165) is 9.37 Å². The average molecular weight is 487 g/mol. The number of carbonyl (C=O) groups excluding carboxylic acids is 4. The van der Waals surface area contributed by atoms with Crippen LogP contribution in [-0.2, 0) is 14.3 Å². The maximum Gasteiger partial charge on any atom is 0.338 e. The van der Waals surface area contributed by atoms with Crippen LogP contribution in [0.2, 0.25) is 0 Å². The van der Waals surface area contributed by atoms with Gasteiger partial charge < -0.3 is 9.47 Å². The Morgan fingerprint density at radius 1 is 1.06 bits per heavy atom. The van der Waals surface area contributed by atoms with Crippen LogP contribution in [0.4, 0.5) is 10.5 Å². The number of urea groups is 1. The van der Waals surface area contributed by atoms with Gasteiger partial charge in [-0.25, -0.2) is 14.5 Å². The summed E-state index contributed by atoms with van der Waals surface area (Å²) in [5.74, 6) is -1.63. The molecule has 160 valence electrons. The molecule has 2 aromatic rings. The second-order valence-electron chi connectivity index (χ2n) is 6.34. The van der Waals surface area contributed by atoms with Gasteiger partial charge in [-0.2, -0.15) is 0 Å². The number of benzene rings is 2. The van der Waals surface area contributed by atoms with Crippen LogP contribution < -0.4 is 15.0 Å². The molecule has 0 saturated carbocycles. The Morgan fingerprint density at radius 3 is 2.42 bits per heavy atom. The Labute approximate surface area is 186 Å². The van der Waals surface area contributed by atoms with Crippen molar-refractivity contribution in [1.29, 1.82) is 0 Å². The summed E-state index contributed by atoms with van der Waals surface area (Å²) >= 11 is 3.36. The number of carbonyl (C=O) groups is 4. The summed E-state index contributed by atoms with van der Waals surface area (Å²) in [5, 5.41) is 2.17. The van der Waals surface area contributed by atoms with Gasteiger partial charge in [0.2, 0.25) is 0 Å². The van der Waals surface area contributed by atoms with Crippen molar-refractivity contribution < 1.29 is 28.7 Å². The van der Waals surface area contributed by atoms with Crippen LogP contribution >= 0.6 is 15.9 Å². The van der Waals surface area contributed by atoms with Crippen molar-refractivity contribution in [3.05, 3.63) is 63.6 Å². The Balaban J connectivity index is 1.97. The first-order valence-electron chi connectivity index (χ1n) is 9.46. The quantitative estimate of drug-likeness (QED) is 0.379. The van der Waals surface area contributed by atoms with E-state index in [1.54, 1.807) is 25.1 Å². The zero-order valence-corrected chi connectivity index (χ0v) is 18.4.